The van der Waals surface area contributed by atoms with Crippen molar-refractivity contribution >= 4 is 21.8 Å². The smallest absolute Gasteiger partial charge is 0.270 e. The van der Waals surface area contributed by atoms with Crippen LogP contribution in [0.1, 0.15) is 23.3 Å². The standard InChI is InChI=1S/C10H14BrN3O2/c1-14-9(8(11)6-13-14)10(15)12-5-7-3-2-4-16-7/h6-7H,2-5H2,1H3,(H,12,15)/t7-/m1/s1. The maximum atomic E-state index is 11.8. The van der Waals surface area contributed by atoms with E-state index in [-0.39, 0.29) is 12.0 Å². The van der Waals surface area contributed by atoms with Crippen LogP contribution in [0.4, 0.5) is 0 Å². The van der Waals surface area contributed by atoms with Crippen LogP contribution in [-0.4, -0.2) is 34.9 Å². The molecule has 1 aromatic rings. The van der Waals surface area contributed by atoms with E-state index >= 15 is 0 Å². The van der Waals surface area contributed by atoms with Crippen LogP contribution >= 0.6 is 15.9 Å². The summed E-state index contributed by atoms with van der Waals surface area (Å²) in [6.07, 6.45) is 3.87. The zero-order valence-corrected chi connectivity index (χ0v) is 10.7. The Kier molecular flexibility index (Phi) is 3.60. The van der Waals surface area contributed by atoms with Crippen molar-refractivity contribution in [2.75, 3.05) is 13.2 Å². The lowest BCUT2D eigenvalue weighted by atomic mass is 10.2. The molecule has 6 heteroatoms. The van der Waals surface area contributed by atoms with Crippen LogP contribution in [0.2, 0.25) is 0 Å². The number of amides is 1. The van der Waals surface area contributed by atoms with Crippen LogP contribution in [0.25, 0.3) is 0 Å². The normalized spacial score (nSPS) is 20.0. The van der Waals surface area contributed by atoms with Crippen molar-refractivity contribution < 1.29 is 9.53 Å². The SMILES string of the molecule is Cn1ncc(Br)c1C(=O)NC[C@H]1CCCO1. The van der Waals surface area contributed by atoms with Crippen LogP contribution in [0.5, 0.6) is 0 Å². The molecule has 0 unspecified atom stereocenters. The minimum Gasteiger partial charge on any atom is -0.376 e. The summed E-state index contributed by atoms with van der Waals surface area (Å²) in [6, 6.07) is 0. The van der Waals surface area contributed by atoms with E-state index in [2.05, 4.69) is 26.3 Å². The van der Waals surface area contributed by atoms with Gasteiger partial charge in [0.2, 0.25) is 0 Å². The number of hydrogen-bond acceptors (Lipinski definition) is 3. The van der Waals surface area contributed by atoms with Gasteiger partial charge in [0.05, 0.1) is 16.8 Å². The summed E-state index contributed by atoms with van der Waals surface area (Å²) >= 11 is 3.30. The van der Waals surface area contributed by atoms with Crippen molar-refractivity contribution in [2.45, 2.75) is 18.9 Å². The van der Waals surface area contributed by atoms with Gasteiger partial charge in [-0.3, -0.25) is 9.48 Å². The first-order chi connectivity index (χ1) is 7.68. The predicted octanol–water partition coefficient (Wildman–Crippen LogP) is 1.09. The minimum atomic E-state index is -0.123. The van der Waals surface area contributed by atoms with Gasteiger partial charge in [-0.1, -0.05) is 0 Å². The number of carbonyl (C=O) groups is 1. The van der Waals surface area contributed by atoms with Gasteiger partial charge in [-0.25, -0.2) is 0 Å². The van der Waals surface area contributed by atoms with Crippen molar-refractivity contribution in [3.8, 4) is 0 Å². The largest absolute Gasteiger partial charge is 0.376 e. The second-order valence-corrected chi connectivity index (χ2v) is 4.66. The second-order valence-electron chi connectivity index (χ2n) is 3.81. The highest BCUT2D eigenvalue weighted by Crippen LogP contribution is 2.15. The molecule has 0 saturated carbocycles. The summed E-state index contributed by atoms with van der Waals surface area (Å²) in [6.45, 7) is 1.37. The van der Waals surface area contributed by atoms with E-state index in [9.17, 15) is 4.79 Å². The zero-order valence-electron chi connectivity index (χ0n) is 9.07. The third-order valence-electron chi connectivity index (χ3n) is 2.62. The summed E-state index contributed by atoms with van der Waals surface area (Å²) in [5, 5.41) is 6.85. The highest BCUT2D eigenvalue weighted by molar-refractivity contribution is 9.10. The third-order valence-corrected chi connectivity index (χ3v) is 3.20. The van der Waals surface area contributed by atoms with E-state index in [0.717, 1.165) is 19.4 Å². The average molecular weight is 288 g/mol. The van der Waals surface area contributed by atoms with Crippen molar-refractivity contribution in [1.29, 1.82) is 0 Å². The van der Waals surface area contributed by atoms with Gasteiger partial charge in [-0.15, -0.1) is 0 Å². The summed E-state index contributed by atoms with van der Waals surface area (Å²) in [7, 11) is 1.74. The van der Waals surface area contributed by atoms with Crippen molar-refractivity contribution in [2.24, 2.45) is 7.05 Å². The fourth-order valence-electron chi connectivity index (χ4n) is 1.76. The van der Waals surface area contributed by atoms with Gasteiger partial charge >= 0.3 is 0 Å². The molecule has 16 heavy (non-hydrogen) atoms. The number of aromatic nitrogens is 2. The van der Waals surface area contributed by atoms with E-state index in [0.29, 0.717) is 16.7 Å². The fraction of sp³-hybridized carbons (Fsp3) is 0.600. The van der Waals surface area contributed by atoms with Gasteiger partial charge in [0.25, 0.3) is 5.91 Å². The van der Waals surface area contributed by atoms with Crippen molar-refractivity contribution in [3.63, 3.8) is 0 Å². The Morgan fingerprint density at radius 1 is 1.81 bits per heavy atom. The van der Waals surface area contributed by atoms with Gasteiger partial charge in [0.15, 0.2) is 0 Å². The van der Waals surface area contributed by atoms with E-state index in [1.807, 2.05) is 0 Å². The van der Waals surface area contributed by atoms with Gasteiger partial charge in [-0.05, 0) is 28.8 Å². The van der Waals surface area contributed by atoms with Gasteiger partial charge in [-0.2, -0.15) is 5.10 Å². The maximum Gasteiger partial charge on any atom is 0.270 e. The van der Waals surface area contributed by atoms with Crippen LogP contribution in [0, 0.1) is 0 Å². The Bertz CT molecular complexity index is 366. The molecule has 1 saturated heterocycles. The molecule has 1 aliphatic rings. The fourth-order valence-corrected chi connectivity index (χ4v) is 2.29. The zero-order chi connectivity index (χ0) is 11.5. The Hall–Kier alpha value is -0.880. The summed E-state index contributed by atoms with van der Waals surface area (Å²) < 4.78 is 7.69. The lowest BCUT2D eigenvalue weighted by molar-refractivity contribution is 0.0849. The first-order valence-electron chi connectivity index (χ1n) is 5.26. The molecule has 1 amide bonds. The minimum absolute atomic E-state index is 0.123. The molecule has 0 radical (unpaired) electrons. The number of nitrogens with zero attached hydrogens (tertiary/aromatic N) is 2. The molecule has 0 spiro atoms. The first kappa shape index (κ1) is 11.6. The number of carbonyl (C=O) groups excluding carboxylic acids is 1. The lowest BCUT2D eigenvalue weighted by Gasteiger charge is -2.10. The Balaban J connectivity index is 1.92. The molecule has 1 aromatic heterocycles. The second kappa shape index (κ2) is 4.97. The van der Waals surface area contributed by atoms with Gasteiger partial charge < -0.3 is 10.1 Å². The summed E-state index contributed by atoms with van der Waals surface area (Å²) in [5.74, 6) is -0.123. The molecule has 1 fully saturated rings. The molecule has 88 valence electrons. The lowest BCUT2D eigenvalue weighted by Crippen LogP contribution is -2.33. The molecule has 1 atom stereocenters. The molecule has 1 N–H and O–H groups in total. The Morgan fingerprint density at radius 2 is 2.62 bits per heavy atom. The van der Waals surface area contributed by atoms with E-state index < -0.39 is 0 Å². The maximum absolute atomic E-state index is 11.8. The average Bonchev–Trinajstić information content (AvgIpc) is 2.86. The summed E-state index contributed by atoms with van der Waals surface area (Å²) in [4.78, 5) is 11.8. The molecular formula is C10H14BrN3O2. The van der Waals surface area contributed by atoms with Gasteiger partial charge in [0, 0.05) is 20.2 Å². The number of ether oxygens (including phenoxy) is 1. The number of hydrogen-bond donors (Lipinski definition) is 1. The molecule has 2 rings (SSSR count). The van der Waals surface area contributed by atoms with E-state index in [1.165, 1.54) is 0 Å². The molecule has 0 bridgehead atoms. The molecule has 0 aromatic carbocycles. The molecule has 0 aliphatic carbocycles. The Morgan fingerprint density at radius 3 is 3.19 bits per heavy atom. The molecular weight excluding hydrogens is 274 g/mol. The van der Waals surface area contributed by atoms with Crippen molar-refractivity contribution in [3.05, 3.63) is 16.4 Å². The van der Waals surface area contributed by atoms with Crippen LogP contribution in [0.15, 0.2) is 10.7 Å². The molecule has 1 aliphatic heterocycles. The highest BCUT2D eigenvalue weighted by Gasteiger charge is 2.19. The number of rotatable bonds is 3. The van der Waals surface area contributed by atoms with E-state index in [1.54, 1.807) is 17.9 Å². The highest BCUT2D eigenvalue weighted by atomic mass is 79.9. The van der Waals surface area contributed by atoms with Crippen LogP contribution in [0.3, 0.4) is 0 Å². The predicted molar refractivity (Wildman–Crippen MR) is 62.2 cm³/mol. The first-order valence-corrected chi connectivity index (χ1v) is 6.05. The van der Waals surface area contributed by atoms with Crippen LogP contribution < -0.4 is 5.32 Å². The monoisotopic (exact) mass is 287 g/mol. The Labute approximate surface area is 102 Å². The third kappa shape index (κ3) is 2.44. The van der Waals surface area contributed by atoms with E-state index in [4.69, 9.17) is 4.74 Å². The number of aryl methyl sites for hydroxylation is 1. The van der Waals surface area contributed by atoms with Crippen molar-refractivity contribution in [1.82, 2.24) is 15.1 Å². The summed E-state index contributed by atoms with van der Waals surface area (Å²) in [5.41, 5.74) is 0.540. The number of halogens is 1. The quantitative estimate of drug-likeness (QED) is 0.906. The van der Waals surface area contributed by atoms with Gasteiger partial charge in [0.1, 0.15) is 5.69 Å². The molecule has 5 nitrogen and oxygen atoms in total. The molecule has 2 heterocycles. The van der Waals surface area contributed by atoms with Crippen LogP contribution in [-0.2, 0) is 11.8 Å². The topological polar surface area (TPSA) is 56.2 Å². The number of nitrogens with one attached hydrogen (secondary N) is 1.